The summed E-state index contributed by atoms with van der Waals surface area (Å²) in [5.41, 5.74) is 0.00413. The van der Waals surface area contributed by atoms with Gasteiger partial charge in [0.25, 0.3) is 5.69 Å². The van der Waals surface area contributed by atoms with Crippen LogP contribution in [-0.2, 0) is 4.74 Å². The predicted octanol–water partition coefficient (Wildman–Crippen LogP) is 2.01. The van der Waals surface area contributed by atoms with E-state index in [2.05, 4.69) is 10.1 Å². The number of esters is 1. The number of rotatable bonds is 4. The number of aromatic nitrogens is 3. The first-order valence-electron chi connectivity index (χ1n) is 5.55. The van der Waals surface area contributed by atoms with Gasteiger partial charge in [0, 0.05) is 6.20 Å². The third-order valence-corrected chi connectivity index (χ3v) is 2.50. The summed E-state index contributed by atoms with van der Waals surface area (Å²) in [7, 11) is 0. The number of hydrogen-bond donors (Lipinski definition) is 0. The molecule has 0 atom stereocenters. The lowest BCUT2D eigenvalue weighted by Gasteiger charge is -2.01. The molecule has 2 aromatic heterocycles. The third kappa shape index (κ3) is 2.91. The number of nitro groups is 1. The van der Waals surface area contributed by atoms with Gasteiger partial charge in [0.1, 0.15) is 5.15 Å². The Morgan fingerprint density at radius 1 is 1.55 bits per heavy atom. The van der Waals surface area contributed by atoms with Crippen molar-refractivity contribution in [1.29, 1.82) is 0 Å². The van der Waals surface area contributed by atoms with E-state index in [4.69, 9.17) is 16.3 Å². The summed E-state index contributed by atoms with van der Waals surface area (Å²) in [5.74, 6) is -0.393. The van der Waals surface area contributed by atoms with Gasteiger partial charge < -0.3 is 4.74 Å². The van der Waals surface area contributed by atoms with Crippen LogP contribution in [0.25, 0.3) is 5.82 Å². The molecular formula is C11H9ClN4O4. The normalized spacial score (nSPS) is 10.3. The van der Waals surface area contributed by atoms with Crippen LogP contribution in [-0.4, -0.2) is 32.3 Å². The first-order chi connectivity index (χ1) is 9.51. The van der Waals surface area contributed by atoms with Crippen molar-refractivity contribution >= 4 is 23.3 Å². The summed E-state index contributed by atoms with van der Waals surface area (Å²) in [6.45, 7) is 1.93. The Balaban J connectivity index is 2.37. The van der Waals surface area contributed by atoms with Gasteiger partial charge in [-0.15, -0.1) is 0 Å². The minimum absolute atomic E-state index is 0.0395. The second kappa shape index (κ2) is 5.66. The maximum Gasteiger partial charge on any atom is 0.341 e. The number of hydrogen-bond acceptors (Lipinski definition) is 6. The molecule has 0 N–H and O–H groups in total. The SMILES string of the molecule is CCOC(=O)c1cnn(-c2cc([N+](=O)[O-])cc(Cl)n2)c1. The Bertz CT molecular complexity index is 670. The fourth-order valence-corrected chi connectivity index (χ4v) is 1.66. The fourth-order valence-electron chi connectivity index (χ4n) is 1.46. The van der Waals surface area contributed by atoms with Crippen molar-refractivity contribution in [3.63, 3.8) is 0 Å². The van der Waals surface area contributed by atoms with Crippen molar-refractivity contribution in [1.82, 2.24) is 14.8 Å². The van der Waals surface area contributed by atoms with E-state index in [0.29, 0.717) is 0 Å². The van der Waals surface area contributed by atoms with Gasteiger partial charge >= 0.3 is 5.97 Å². The van der Waals surface area contributed by atoms with Gasteiger partial charge in [0.2, 0.25) is 0 Å². The average molecular weight is 297 g/mol. The lowest BCUT2D eigenvalue weighted by Crippen LogP contribution is -2.03. The maximum absolute atomic E-state index is 11.5. The lowest BCUT2D eigenvalue weighted by atomic mass is 10.3. The number of pyridine rings is 1. The minimum Gasteiger partial charge on any atom is -0.462 e. The highest BCUT2D eigenvalue weighted by Gasteiger charge is 2.14. The molecule has 20 heavy (non-hydrogen) atoms. The summed E-state index contributed by atoms with van der Waals surface area (Å²) in [6.07, 6.45) is 2.65. The highest BCUT2D eigenvalue weighted by Crippen LogP contribution is 2.20. The van der Waals surface area contributed by atoms with Crippen LogP contribution >= 0.6 is 11.6 Å². The first-order valence-corrected chi connectivity index (χ1v) is 5.93. The smallest absolute Gasteiger partial charge is 0.341 e. The first kappa shape index (κ1) is 13.9. The van der Waals surface area contributed by atoms with E-state index >= 15 is 0 Å². The molecule has 0 aromatic carbocycles. The highest BCUT2D eigenvalue weighted by atomic mass is 35.5. The van der Waals surface area contributed by atoms with Crippen molar-refractivity contribution in [3.8, 4) is 5.82 Å². The van der Waals surface area contributed by atoms with Crippen LogP contribution in [0.3, 0.4) is 0 Å². The molecule has 2 rings (SSSR count). The highest BCUT2D eigenvalue weighted by molar-refractivity contribution is 6.29. The molecule has 0 spiro atoms. The summed E-state index contributed by atoms with van der Waals surface area (Å²) in [6, 6.07) is 2.33. The fraction of sp³-hybridized carbons (Fsp3) is 0.182. The Kier molecular flexibility index (Phi) is 3.94. The van der Waals surface area contributed by atoms with E-state index in [-0.39, 0.29) is 28.8 Å². The third-order valence-electron chi connectivity index (χ3n) is 2.30. The van der Waals surface area contributed by atoms with Crippen LogP contribution in [0.4, 0.5) is 5.69 Å². The van der Waals surface area contributed by atoms with Gasteiger partial charge in [-0.05, 0) is 6.92 Å². The van der Waals surface area contributed by atoms with E-state index in [1.807, 2.05) is 0 Å². The Morgan fingerprint density at radius 2 is 2.30 bits per heavy atom. The van der Waals surface area contributed by atoms with Gasteiger partial charge in [0.05, 0.1) is 35.4 Å². The number of carbonyl (C=O) groups excluding carboxylic acids is 1. The molecule has 0 unspecified atom stereocenters. The molecule has 0 bridgehead atoms. The monoisotopic (exact) mass is 296 g/mol. The summed E-state index contributed by atoms with van der Waals surface area (Å²) in [5, 5.41) is 14.6. The molecule has 2 aromatic rings. The van der Waals surface area contributed by atoms with Crippen molar-refractivity contribution in [2.24, 2.45) is 0 Å². The zero-order valence-electron chi connectivity index (χ0n) is 10.3. The van der Waals surface area contributed by atoms with Crippen LogP contribution in [0.1, 0.15) is 17.3 Å². The Labute approximate surface area is 118 Å². The molecule has 0 fully saturated rings. The lowest BCUT2D eigenvalue weighted by molar-refractivity contribution is -0.384. The second-order valence-corrected chi connectivity index (χ2v) is 4.04. The second-order valence-electron chi connectivity index (χ2n) is 3.66. The minimum atomic E-state index is -0.590. The number of ether oxygens (including phenoxy) is 1. The number of halogens is 1. The van der Waals surface area contributed by atoms with Crippen molar-refractivity contribution in [2.45, 2.75) is 6.92 Å². The molecule has 0 aliphatic carbocycles. The Morgan fingerprint density at radius 3 is 2.95 bits per heavy atom. The van der Waals surface area contributed by atoms with Crippen molar-refractivity contribution < 1.29 is 14.5 Å². The zero-order chi connectivity index (χ0) is 14.7. The Hall–Kier alpha value is -2.48. The van der Waals surface area contributed by atoms with Gasteiger partial charge in [-0.2, -0.15) is 5.10 Å². The molecule has 0 amide bonds. The van der Waals surface area contributed by atoms with Gasteiger partial charge in [0.15, 0.2) is 5.82 Å². The van der Waals surface area contributed by atoms with E-state index in [0.717, 1.165) is 6.07 Å². The van der Waals surface area contributed by atoms with Crippen LogP contribution in [0.2, 0.25) is 5.15 Å². The molecule has 8 nitrogen and oxygen atoms in total. The van der Waals surface area contributed by atoms with Gasteiger partial charge in [-0.1, -0.05) is 11.6 Å². The molecular weight excluding hydrogens is 288 g/mol. The standard InChI is InChI=1S/C11H9ClN4O4/c1-2-20-11(17)7-5-13-15(6-7)10-4-8(16(18)19)3-9(12)14-10/h3-6H,2H2,1H3. The molecule has 104 valence electrons. The van der Waals surface area contributed by atoms with Crippen molar-refractivity contribution in [3.05, 3.63) is 45.4 Å². The van der Waals surface area contributed by atoms with Gasteiger partial charge in [-0.3, -0.25) is 10.1 Å². The molecule has 0 saturated carbocycles. The number of nitrogens with zero attached hydrogens (tertiary/aromatic N) is 4. The van der Waals surface area contributed by atoms with Crippen LogP contribution in [0.5, 0.6) is 0 Å². The molecule has 0 aliphatic heterocycles. The molecule has 2 heterocycles. The van der Waals surface area contributed by atoms with E-state index in [9.17, 15) is 14.9 Å². The predicted molar refractivity (Wildman–Crippen MR) is 69.0 cm³/mol. The largest absolute Gasteiger partial charge is 0.462 e. The maximum atomic E-state index is 11.5. The molecule has 0 saturated heterocycles. The average Bonchev–Trinajstić information content (AvgIpc) is 2.88. The topological polar surface area (TPSA) is 100 Å². The summed E-state index contributed by atoms with van der Waals surface area (Å²) < 4.78 is 6.03. The van der Waals surface area contributed by atoms with Gasteiger partial charge in [-0.25, -0.2) is 14.5 Å². The summed E-state index contributed by atoms with van der Waals surface area (Å²) in [4.78, 5) is 25.6. The van der Waals surface area contributed by atoms with Crippen molar-refractivity contribution in [2.75, 3.05) is 6.61 Å². The van der Waals surface area contributed by atoms with E-state index in [1.165, 1.54) is 23.1 Å². The van der Waals surface area contributed by atoms with Crippen LogP contribution in [0.15, 0.2) is 24.5 Å². The van der Waals surface area contributed by atoms with Crippen LogP contribution in [0, 0.1) is 10.1 Å². The molecule has 9 heteroatoms. The van der Waals surface area contributed by atoms with Crippen LogP contribution < -0.4 is 0 Å². The summed E-state index contributed by atoms with van der Waals surface area (Å²) >= 11 is 5.71. The zero-order valence-corrected chi connectivity index (χ0v) is 11.1. The number of carbonyl (C=O) groups is 1. The van der Waals surface area contributed by atoms with E-state index < -0.39 is 10.9 Å². The molecule has 0 aliphatic rings. The quantitative estimate of drug-likeness (QED) is 0.370. The van der Waals surface area contributed by atoms with E-state index in [1.54, 1.807) is 6.92 Å². The molecule has 0 radical (unpaired) electrons.